The topological polar surface area (TPSA) is 71.5 Å². The predicted molar refractivity (Wildman–Crippen MR) is 170 cm³/mol. The molecule has 2 heterocycles. The molecule has 1 N–H and O–H groups in total. The van der Waals surface area contributed by atoms with Crippen molar-refractivity contribution in [3.05, 3.63) is 146 Å². The largest absolute Gasteiger partial charge is 0.272 e. The molecule has 12 heteroatoms. The van der Waals surface area contributed by atoms with E-state index in [0.717, 1.165) is 5.56 Å². The summed E-state index contributed by atoms with van der Waals surface area (Å²) in [6, 6.07) is 24.5. The summed E-state index contributed by atoms with van der Waals surface area (Å²) in [4.78, 5) is 12.3. The molecular weight excluding hydrogens is 794 g/mol. The van der Waals surface area contributed by atoms with Crippen LogP contribution in [-0.2, 0) is 65.4 Å². The van der Waals surface area contributed by atoms with Gasteiger partial charge in [0.05, 0.1) is 28.1 Å². The molecule has 2 radical (unpaired) electrons. The van der Waals surface area contributed by atoms with Crippen LogP contribution in [0, 0.1) is 63.1 Å². The van der Waals surface area contributed by atoms with E-state index in [9.17, 15) is 22.4 Å². The quantitative estimate of drug-likeness (QED) is 0.143. The van der Waals surface area contributed by atoms with Crippen molar-refractivity contribution in [3.63, 3.8) is 0 Å². The number of nitrogens with one attached hydrogen (secondary N) is 1. The van der Waals surface area contributed by atoms with Gasteiger partial charge in [0, 0.05) is 71.0 Å². The molecule has 0 fully saturated rings. The number of hydrogen-bond acceptors (Lipinski definition) is 4. The van der Waals surface area contributed by atoms with Gasteiger partial charge in [0.1, 0.15) is 23.3 Å². The Balaban J connectivity index is 0.000000250. The summed E-state index contributed by atoms with van der Waals surface area (Å²) < 4.78 is 57.7. The van der Waals surface area contributed by atoms with Crippen LogP contribution in [0.25, 0.3) is 44.5 Å². The molecule has 5 nitrogen and oxygen atoms in total. The van der Waals surface area contributed by atoms with Crippen LogP contribution in [0.4, 0.5) is 17.6 Å². The summed E-state index contributed by atoms with van der Waals surface area (Å²) in [5.41, 5.74) is 3.29. The molecule has 48 heavy (non-hydrogen) atoms. The first-order chi connectivity index (χ1) is 22.0. The first-order valence-corrected chi connectivity index (χ1v) is 14.3. The van der Waals surface area contributed by atoms with Crippen LogP contribution in [0.1, 0.15) is 22.5 Å². The van der Waals surface area contributed by atoms with Gasteiger partial charge in [-0.15, -0.1) is 16.2 Å². The van der Waals surface area contributed by atoms with Gasteiger partial charge < -0.3 is 0 Å². The minimum Gasteiger partial charge on any atom is -0.267 e. The number of hydrogen-bond donors (Lipinski definition) is 1. The van der Waals surface area contributed by atoms with Gasteiger partial charge in [-0.25, -0.2) is 22.7 Å². The van der Waals surface area contributed by atoms with Gasteiger partial charge in [-0.3, -0.25) is 4.79 Å². The maximum absolute atomic E-state index is 14.5. The smallest absolute Gasteiger partial charge is 0.267 e. The zero-order valence-electron chi connectivity index (χ0n) is 26.2. The van der Waals surface area contributed by atoms with Gasteiger partial charge in [0.2, 0.25) is 0 Å². The zero-order chi connectivity index (χ0) is 33.1. The van der Waals surface area contributed by atoms with Gasteiger partial charge in [-0.05, 0) is 74.2 Å². The van der Waals surface area contributed by atoms with Gasteiger partial charge in [0.15, 0.2) is 5.15 Å². The Hall–Kier alpha value is -2.94. The van der Waals surface area contributed by atoms with Crippen molar-refractivity contribution in [3.8, 4) is 44.5 Å². The third-order valence-corrected chi connectivity index (χ3v) is 7.42. The minimum atomic E-state index is -0.776. The maximum Gasteiger partial charge on any atom is 0.272 e. The molecule has 0 bridgehead atoms. The van der Waals surface area contributed by atoms with E-state index >= 15 is 0 Å². The van der Waals surface area contributed by atoms with Crippen molar-refractivity contribution < 1.29 is 83.0 Å². The molecule has 0 unspecified atom stereocenters. The molecule has 0 saturated carbocycles. The first kappa shape index (κ1) is 39.5. The number of rotatable bonds is 4. The van der Waals surface area contributed by atoms with E-state index in [4.69, 9.17) is 11.6 Å². The number of aromatic nitrogens is 4. The minimum absolute atomic E-state index is 0. The number of aryl methyl sites for hydroxylation is 4. The van der Waals surface area contributed by atoms with Crippen molar-refractivity contribution in [2.24, 2.45) is 0 Å². The van der Waals surface area contributed by atoms with Crippen molar-refractivity contribution >= 4 is 11.6 Å². The third kappa shape index (κ3) is 8.43. The van der Waals surface area contributed by atoms with Crippen LogP contribution in [0.2, 0.25) is 5.15 Å². The van der Waals surface area contributed by atoms with E-state index in [1.54, 1.807) is 76.2 Å². The standard InChI is InChI=1S/C18H12ClF2N2.C18H13F2N2O.2Y/c1-10-8-13(20)16(14(21)9-10)17-15(11(2)22-23-18(17)19)12-6-4-3-5-7-12;1-10-8-13(19)16(14(20)9-10)17-15(11(2)21-22-18(17)23)12-6-4-3-5-7-12;;/h4-9H,1-2H3;4-9H,1-2H3,(H,22,23);;/q2*-1;;. The molecule has 0 amide bonds. The monoisotopic (exact) mass is 818 g/mol. The van der Waals surface area contributed by atoms with Crippen LogP contribution in [0.5, 0.6) is 0 Å². The summed E-state index contributed by atoms with van der Waals surface area (Å²) in [7, 11) is 0. The van der Waals surface area contributed by atoms with Gasteiger partial charge in [-0.1, -0.05) is 11.6 Å². The molecule has 0 saturated heterocycles. The number of aromatic amines is 1. The second kappa shape index (κ2) is 17.1. The van der Waals surface area contributed by atoms with E-state index in [-0.39, 0.29) is 92.8 Å². The summed E-state index contributed by atoms with van der Waals surface area (Å²) in [5.74, 6) is -2.91. The molecule has 4 aromatic carbocycles. The molecular formula is C36H25ClF4N4OY2-2. The Morgan fingerprint density at radius 3 is 1.42 bits per heavy atom. The number of nitrogens with zero attached hydrogens (tertiary/aromatic N) is 3. The van der Waals surface area contributed by atoms with Crippen molar-refractivity contribution in [2.75, 3.05) is 0 Å². The Bertz CT molecular complexity index is 2090. The van der Waals surface area contributed by atoms with Gasteiger partial charge in [0.25, 0.3) is 5.56 Å². The average Bonchev–Trinajstić information content (AvgIpc) is 3.01. The van der Waals surface area contributed by atoms with Crippen LogP contribution < -0.4 is 5.56 Å². The fourth-order valence-electron chi connectivity index (χ4n) is 5.20. The Morgan fingerprint density at radius 2 is 0.979 bits per heavy atom. The van der Waals surface area contributed by atoms with Crippen LogP contribution in [0.15, 0.2) is 77.6 Å². The SMILES string of the molecule is Cc1cc(F)c(-c2c(-c3cc[c-]cc3)c(C)n[nH]c2=O)c(F)c1.Cc1cc(F)c(-c2c(Cl)nnc(C)c2-c2cc[c-]cc2)c(F)c1.[Y].[Y]. The van der Waals surface area contributed by atoms with Gasteiger partial charge >= 0.3 is 0 Å². The molecule has 0 spiro atoms. The molecule has 6 rings (SSSR count). The van der Waals surface area contributed by atoms with Crippen LogP contribution in [-0.4, -0.2) is 20.4 Å². The van der Waals surface area contributed by atoms with Crippen LogP contribution >= 0.6 is 11.6 Å². The van der Waals surface area contributed by atoms with Gasteiger partial charge in [-0.2, -0.15) is 70.9 Å². The fraction of sp³-hybridized carbons (Fsp3) is 0.111. The van der Waals surface area contributed by atoms with E-state index in [2.05, 4.69) is 32.5 Å². The maximum atomic E-state index is 14.5. The Labute approximate surface area is 330 Å². The third-order valence-electron chi connectivity index (χ3n) is 7.16. The zero-order valence-corrected chi connectivity index (χ0v) is 32.7. The van der Waals surface area contributed by atoms with Crippen molar-refractivity contribution in [1.82, 2.24) is 20.4 Å². The fourth-order valence-corrected chi connectivity index (χ4v) is 5.43. The summed E-state index contributed by atoms with van der Waals surface area (Å²) in [6.07, 6.45) is 0. The van der Waals surface area contributed by atoms with Crippen molar-refractivity contribution in [2.45, 2.75) is 27.7 Å². The Morgan fingerprint density at radius 1 is 0.583 bits per heavy atom. The molecule has 0 aliphatic heterocycles. The Kier molecular flexibility index (Phi) is 14.1. The summed E-state index contributed by atoms with van der Waals surface area (Å²) in [5, 5.41) is 14.0. The predicted octanol–water partition coefficient (Wildman–Crippen LogP) is 8.95. The molecule has 0 aliphatic carbocycles. The average molecular weight is 819 g/mol. The summed E-state index contributed by atoms with van der Waals surface area (Å²) >= 11 is 6.15. The normalized spacial score (nSPS) is 10.4. The van der Waals surface area contributed by atoms with E-state index in [1.165, 1.54) is 24.3 Å². The molecule has 2 aromatic heterocycles. The number of H-pyrrole nitrogens is 1. The van der Waals surface area contributed by atoms with Crippen molar-refractivity contribution in [1.29, 1.82) is 0 Å². The van der Waals surface area contributed by atoms with Crippen LogP contribution in [0.3, 0.4) is 0 Å². The molecule has 0 atom stereocenters. The first-order valence-electron chi connectivity index (χ1n) is 13.9. The van der Waals surface area contributed by atoms with E-state index in [1.807, 2.05) is 0 Å². The molecule has 238 valence electrons. The number of benzene rings is 4. The summed E-state index contributed by atoms with van der Waals surface area (Å²) in [6.45, 7) is 6.62. The molecule has 0 aliphatic rings. The van der Waals surface area contributed by atoms with E-state index in [0.29, 0.717) is 39.2 Å². The molecule has 6 aromatic rings. The van der Waals surface area contributed by atoms with E-state index < -0.39 is 28.8 Å². The second-order valence-electron chi connectivity index (χ2n) is 10.5. The second-order valence-corrected chi connectivity index (χ2v) is 10.9. The number of halogens is 5.